The first-order valence-electron chi connectivity index (χ1n) is 7.39. The van der Waals surface area contributed by atoms with Crippen LogP contribution in [0.5, 0.6) is 0 Å². The minimum absolute atomic E-state index is 0.100. The maximum Gasteiger partial charge on any atom is 0.243 e. The fourth-order valence-corrected chi connectivity index (χ4v) is 2.63. The predicted molar refractivity (Wildman–Crippen MR) is 85.9 cm³/mol. The lowest BCUT2D eigenvalue weighted by atomic mass is 10.1. The molecule has 3 rings (SSSR count). The number of carbonyl (C=O) groups is 1. The molecule has 5 nitrogen and oxygen atoms in total. The normalized spacial score (nSPS) is 20.0. The molecule has 0 bridgehead atoms. The summed E-state index contributed by atoms with van der Waals surface area (Å²) in [5.74, 6) is -0.529. The second-order valence-electron chi connectivity index (χ2n) is 5.44. The lowest BCUT2D eigenvalue weighted by Crippen LogP contribution is -2.20. The Bertz CT molecular complexity index is 741. The SMILES string of the molecule is CCn1ncc(/C=N/NC(=O)C2CC2c2ccc(Cl)cc2)c1F. The van der Waals surface area contributed by atoms with Gasteiger partial charge in [0.05, 0.1) is 18.0 Å². The summed E-state index contributed by atoms with van der Waals surface area (Å²) in [4.78, 5) is 12.0. The van der Waals surface area contributed by atoms with Gasteiger partial charge in [0, 0.05) is 17.5 Å². The highest BCUT2D eigenvalue weighted by Crippen LogP contribution is 2.47. The van der Waals surface area contributed by atoms with Gasteiger partial charge in [0.25, 0.3) is 0 Å². The monoisotopic (exact) mass is 334 g/mol. The molecule has 0 radical (unpaired) electrons. The minimum Gasteiger partial charge on any atom is -0.273 e. The van der Waals surface area contributed by atoms with E-state index in [4.69, 9.17) is 11.6 Å². The number of hydrogen-bond acceptors (Lipinski definition) is 3. The molecule has 1 aliphatic rings. The molecule has 0 aliphatic heterocycles. The highest BCUT2D eigenvalue weighted by Gasteiger charge is 2.43. The molecular formula is C16H16ClFN4O. The van der Waals surface area contributed by atoms with Gasteiger partial charge in [0.1, 0.15) is 0 Å². The van der Waals surface area contributed by atoms with Crippen LogP contribution in [0.15, 0.2) is 35.6 Å². The molecule has 2 atom stereocenters. The molecule has 23 heavy (non-hydrogen) atoms. The first-order valence-corrected chi connectivity index (χ1v) is 7.77. The number of benzene rings is 1. The van der Waals surface area contributed by atoms with Gasteiger partial charge >= 0.3 is 0 Å². The van der Waals surface area contributed by atoms with Crippen molar-refractivity contribution < 1.29 is 9.18 Å². The topological polar surface area (TPSA) is 59.3 Å². The first-order chi connectivity index (χ1) is 11.1. The van der Waals surface area contributed by atoms with E-state index in [1.807, 2.05) is 24.3 Å². The third kappa shape index (κ3) is 3.42. The van der Waals surface area contributed by atoms with Crippen molar-refractivity contribution >= 4 is 23.7 Å². The van der Waals surface area contributed by atoms with Crippen LogP contribution in [0.25, 0.3) is 0 Å². The highest BCUT2D eigenvalue weighted by atomic mass is 35.5. The van der Waals surface area contributed by atoms with E-state index in [0.29, 0.717) is 11.6 Å². The molecule has 1 N–H and O–H groups in total. The minimum atomic E-state index is -0.462. The molecule has 0 spiro atoms. The van der Waals surface area contributed by atoms with Gasteiger partial charge < -0.3 is 0 Å². The van der Waals surface area contributed by atoms with Crippen LogP contribution in [0.3, 0.4) is 0 Å². The van der Waals surface area contributed by atoms with E-state index >= 15 is 0 Å². The Kier molecular flexibility index (Phi) is 4.43. The van der Waals surface area contributed by atoms with E-state index in [2.05, 4.69) is 15.6 Å². The van der Waals surface area contributed by atoms with E-state index in [1.165, 1.54) is 17.1 Å². The summed E-state index contributed by atoms with van der Waals surface area (Å²) in [7, 11) is 0. The predicted octanol–water partition coefficient (Wildman–Crippen LogP) is 2.95. The molecule has 1 saturated carbocycles. The van der Waals surface area contributed by atoms with Crippen molar-refractivity contribution in [1.29, 1.82) is 0 Å². The van der Waals surface area contributed by atoms with Crippen LogP contribution in [0.4, 0.5) is 4.39 Å². The number of halogens is 2. The lowest BCUT2D eigenvalue weighted by Gasteiger charge is -2.00. The lowest BCUT2D eigenvalue weighted by molar-refractivity contribution is -0.122. The molecule has 0 saturated heterocycles. The van der Waals surface area contributed by atoms with Gasteiger partial charge in [-0.25, -0.2) is 10.1 Å². The number of nitrogens with zero attached hydrogens (tertiary/aromatic N) is 3. The van der Waals surface area contributed by atoms with Gasteiger partial charge in [0.2, 0.25) is 11.9 Å². The number of hydrazone groups is 1. The van der Waals surface area contributed by atoms with Gasteiger partial charge in [-0.1, -0.05) is 23.7 Å². The van der Waals surface area contributed by atoms with Crippen molar-refractivity contribution in [3.63, 3.8) is 0 Å². The molecule has 1 fully saturated rings. The van der Waals surface area contributed by atoms with Crippen molar-refractivity contribution in [2.24, 2.45) is 11.0 Å². The quantitative estimate of drug-likeness (QED) is 0.675. The zero-order valence-corrected chi connectivity index (χ0v) is 13.3. The third-order valence-electron chi connectivity index (χ3n) is 3.90. The average molecular weight is 335 g/mol. The zero-order valence-electron chi connectivity index (χ0n) is 12.5. The van der Waals surface area contributed by atoms with Crippen LogP contribution in [0.2, 0.25) is 5.02 Å². The number of aromatic nitrogens is 2. The Morgan fingerprint density at radius 2 is 2.26 bits per heavy atom. The van der Waals surface area contributed by atoms with E-state index < -0.39 is 5.95 Å². The van der Waals surface area contributed by atoms with Gasteiger partial charge in [0.15, 0.2) is 0 Å². The second kappa shape index (κ2) is 6.50. The van der Waals surface area contributed by atoms with Crippen molar-refractivity contribution in [2.45, 2.75) is 25.8 Å². The average Bonchev–Trinajstić information content (AvgIpc) is 3.27. The second-order valence-corrected chi connectivity index (χ2v) is 5.88. The molecule has 1 amide bonds. The Balaban J connectivity index is 1.55. The standard InChI is InChI=1S/C16H16ClFN4O/c1-2-22-15(18)11(9-20-22)8-19-21-16(23)14-7-13(14)10-3-5-12(17)6-4-10/h3-6,8-9,13-14H,2,7H2,1H3,(H,21,23)/b19-8+. The van der Waals surface area contributed by atoms with E-state index in [9.17, 15) is 9.18 Å². The number of rotatable bonds is 5. The van der Waals surface area contributed by atoms with Crippen LogP contribution in [0.1, 0.15) is 30.4 Å². The summed E-state index contributed by atoms with van der Waals surface area (Å²) in [6.45, 7) is 2.24. The third-order valence-corrected chi connectivity index (χ3v) is 4.16. The maximum absolute atomic E-state index is 13.7. The molecule has 1 heterocycles. The van der Waals surface area contributed by atoms with Gasteiger partial charge in [-0.05, 0) is 37.0 Å². The molecule has 1 aliphatic carbocycles. The Morgan fingerprint density at radius 3 is 2.91 bits per heavy atom. The van der Waals surface area contributed by atoms with Gasteiger partial charge in [-0.2, -0.15) is 14.6 Å². The molecule has 7 heteroatoms. The summed E-state index contributed by atoms with van der Waals surface area (Å²) < 4.78 is 15.0. The van der Waals surface area contributed by atoms with E-state index in [0.717, 1.165) is 12.0 Å². The number of amides is 1. The molecule has 1 aromatic carbocycles. The summed E-state index contributed by atoms with van der Waals surface area (Å²) in [5.41, 5.74) is 3.80. The van der Waals surface area contributed by atoms with Crippen LogP contribution >= 0.6 is 11.6 Å². The van der Waals surface area contributed by atoms with Crippen molar-refractivity contribution in [1.82, 2.24) is 15.2 Å². The number of carbonyl (C=O) groups excluding carboxylic acids is 1. The summed E-state index contributed by atoms with van der Waals surface area (Å²) >= 11 is 5.85. The summed E-state index contributed by atoms with van der Waals surface area (Å²) in [6.07, 6.45) is 3.43. The first kappa shape index (κ1) is 15.7. The summed E-state index contributed by atoms with van der Waals surface area (Å²) in [6, 6.07) is 7.49. The van der Waals surface area contributed by atoms with E-state index in [1.54, 1.807) is 6.92 Å². The number of nitrogens with one attached hydrogen (secondary N) is 1. The Labute approximate surface area is 138 Å². The molecular weight excluding hydrogens is 319 g/mol. The molecule has 120 valence electrons. The van der Waals surface area contributed by atoms with Crippen molar-refractivity contribution in [3.05, 3.63) is 52.6 Å². The van der Waals surface area contributed by atoms with Crippen molar-refractivity contribution in [3.8, 4) is 0 Å². The smallest absolute Gasteiger partial charge is 0.243 e. The Hall–Kier alpha value is -2.21. The highest BCUT2D eigenvalue weighted by molar-refractivity contribution is 6.30. The number of hydrogen-bond donors (Lipinski definition) is 1. The maximum atomic E-state index is 13.7. The van der Waals surface area contributed by atoms with Crippen LogP contribution in [0, 0.1) is 11.9 Å². The van der Waals surface area contributed by atoms with E-state index in [-0.39, 0.29) is 23.3 Å². The molecule has 2 aromatic rings. The summed E-state index contributed by atoms with van der Waals surface area (Å²) in [5, 5.41) is 8.36. The fourth-order valence-electron chi connectivity index (χ4n) is 2.50. The fraction of sp³-hybridized carbons (Fsp3) is 0.312. The largest absolute Gasteiger partial charge is 0.273 e. The molecule has 1 aromatic heterocycles. The zero-order chi connectivity index (χ0) is 16.4. The van der Waals surface area contributed by atoms with Crippen LogP contribution < -0.4 is 5.43 Å². The van der Waals surface area contributed by atoms with Gasteiger partial charge in [-0.3, -0.25) is 4.79 Å². The van der Waals surface area contributed by atoms with Crippen LogP contribution in [-0.2, 0) is 11.3 Å². The Morgan fingerprint density at radius 1 is 1.52 bits per heavy atom. The molecule has 2 unspecified atom stereocenters. The van der Waals surface area contributed by atoms with Crippen LogP contribution in [-0.4, -0.2) is 21.9 Å². The van der Waals surface area contributed by atoms with Gasteiger partial charge in [-0.15, -0.1) is 0 Å². The van der Waals surface area contributed by atoms with Crippen molar-refractivity contribution in [2.75, 3.05) is 0 Å². The number of aryl methyl sites for hydroxylation is 1.